The number of phenolic OH excluding ortho intramolecular Hbond substituents is 1. The molecule has 0 aromatic heterocycles. The number of fused-ring (bicyclic) bond motifs is 1. The minimum absolute atomic E-state index is 0.0737. The molecule has 0 aliphatic carbocycles. The molecule has 3 heteroatoms. The first kappa shape index (κ1) is 13.2. The van der Waals surface area contributed by atoms with Gasteiger partial charge in [0.15, 0.2) is 0 Å². The Labute approximate surface area is 119 Å². The van der Waals surface area contributed by atoms with Crippen LogP contribution in [0.4, 0.5) is 0 Å². The summed E-state index contributed by atoms with van der Waals surface area (Å²) in [6.45, 7) is 2.39. The number of nitrogens with two attached hydrogens (primary N) is 1. The van der Waals surface area contributed by atoms with Gasteiger partial charge in [-0.25, -0.2) is 0 Å². The SMILES string of the molecule is NCC(c1ccccc1O)N1CCc2ccccc2C1. The summed E-state index contributed by atoms with van der Waals surface area (Å²) < 4.78 is 0. The van der Waals surface area contributed by atoms with Gasteiger partial charge >= 0.3 is 0 Å². The van der Waals surface area contributed by atoms with Gasteiger partial charge in [0, 0.05) is 25.2 Å². The molecule has 3 N–H and O–H groups in total. The van der Waals surface area contributed by atoms with Crippen molar-refractivity contribution in [2.45, 2.75) is 19.0 Å². The van der Waals surface area contributed by atoms with Crippen molar-refractivity contribution >= 4 is 0 Å². The number of benzene rings is 2. The predicted molar refractivity (Wildman–Crippen MR) is 80.5 cm³/mol. The van der Waals surface area contributed by atoms with Crippen LogP contribution < -0.4 is 5.73 Å². The first-order valence-corrected chi connectivity index (χ1v) is 7.08. The number of hydrogen-bond donors (Lipinski definition) is 2. The second-order valence-electron chi connectivity index (χ2n) is 5.30. The van der Waals surface area contributed by atoms with Crippen LogP contribution in [-0.2, 0) is 13.0 Å². The van der Waals surface area contributed by atoms with E-state index in [1.807, 2.05) is 18.2 Å². The summed E-state index contributed by atoms with van der Waals surface area (Å²) in [6, 6.07) is 16.1. The van der Waals surface area contributed by atoms with Crippen molar-refractivity contribution in [2.24, 2.45) is 5.73 Å². The van der Waals surface area contributed by atoms with E-state index in [-0.39, 0.29) is 6.04 Å². The summed E-state index contributed by atoms with van der Waals surface area (Å²) in [7, 11) is 0. The van der Waals surface area contributed by atoms with Crippen molar-refractivity contribution < 1.29 is 5.11 Å². The molecule has 0 amide bonds. The van der Waals surface area contributed by atoms with Gasteiger partial charge in [-0.2, -0.15) is 0 Å². The topological polar surface area (TPSA) is 49.5 Å². The van der Waals surface area contributed by atoms with E-state index in [0.29, 0.717) is 12.3 Å². The van der Waals surface area contributed by atoms with E-state index in [1.54, 1.807) is 6.07 Å². The molecule has 104 valence electrons. The second-order valence-corrected chi connectivity index (χ2v) is 5.30. The minimum Gasteiger partial charge on any atom is -0.508 e. The molecule has 2 aromatic rings. The van der Waals surface area contributed by atoms with Crippen LogP contribution in [0, 0.1) is 0 Å². The fourth-order valence-corrected chi connectivity index (χ4v) is 3.03. The van der Waals surface area contributed by atoms with Crippen LogP contribution in [0.15, 0.2) is 48.5 Å². The summed E-state index contributed by atoms with van der Waals surface area (Å²) in [5.41, 5.74) is 9.69. The minimum atomic E-state index is 0.0737. The Balaban J connectivity index is 1.87. The maximum atomic E-state index is 10.1. The number of hydrogen-bond acceptors (Lipinski definition) is 3. The molecule has 1 aliphatic rings. The zero-order chi connectivity index (χ0) is 13.9. The van der Waals surface area contributed by atoms with Gasteiger partial charge in [0.1, 0.15) is 5.75 Å². The molecule has 1 heterocycles. The van der Waals surface area contributed by atoms with Crippen LogP contribution >= 0.6 is 0 Å². The average molecular weight is 268 g/mol. The van der Waals surface area contributed by atoms with Gasteiger partial charge in [0.25, 0.3) is 0 Å². The van der Waals surface area contributed by atoms with Gasteiger partial charge in [-0.05, 0) is 23.6 Å². The van der Waals surface area contributed by atoms with Crippen molar-refractivity contribution in [1.82, 2.24) is 4.90 Å². The molecule has 0 spiro atoms. The molecule has 20 heavy (non-hydrogen) atoms. The van der Waals surface area contributed by atoms with Crippen LogP contribution in [0.2, 0.25) is 0 Å². The summed E-state index contributed by atoms with van der Waals surface area (Å²) >= 11 is 0. The molecule has 1 aliphatic heterocycles. The standard InChI is InChI=1S/C17H20N2O/c18-11-16(15-7-3-4-8-17(15)20)19-10-9-13-5-1-2-6-14(13)12-19/h1-8,16,20H,9-12,18H2. The normalized spacial score (nSPS) is 16.6. The number of phenols is 1. The van der Waals surface area contributed by atoms with Gasteiger partial charge in [-0.1, -0.05) is 42.5 Å². The Morgan fingerprint density at radius 3 is 2.50 bits per heavy atom. The van der Waals surface area contributed by atoms with E-state index in [9.17, 15) is 5.11 Å². The third-order valence-electron chi connectivity index (χ3n) is 4.12. The molecular weight excluding hydrogens is 248 g/mol. The monoisotopic (exact) mass is 268 g/mol. The lowest BCUT2D eigenvalue weighted by Crippen LogP contribution is -2.37. The maximum absolute atomic E-state index is 10.1. The van der Waals surface area contributed by atoms with Crippen molar-refractivity contribution in [3.63, 3.8) is 0 Å². The fourth-order valence-electron chi connectivity index (χ4n) is 3.03. The zero-order valence-electron chi connectivity index (χ0n) is 11.5. The van der Waals surface area contributed by atoms with Crippen LogP contribution in [-0.4, -0.2) is 23.1 Å². The van der Waals surface area contributed by atoms with Crippen LogP contribution in [0.5, 0.6) is 5.75 Å². The van der Waals surface area contributed by atoms with E-state index in [4.69, 9.17) is 5.73 Å². The van der Waals surface area contributed by atoms with Gasteiger partial charge in [-0.15, -0.1) is 0 Å². The van der Waals surface area contributed by atoms with E-state index in [0.717, 1.165) is 25.1 Å². The van der Waals surface area contributed by atoms with Crippen molar-refractivity contribution in [1.29, 1.82) is 0 Å². The highest BCUT2D eigenvalue weighted by atomic mass is 16.3. The Kier molecular flexibility index (Phi) is 3.72. The number of para-hydroxylation sites is 1. The van der Waals surface area contributed by atoms with Gasteiger partial charge in [0.05, 0.1) is 6.04 Å². The summed E-state index contributed by atoms with van der Waals surface area (Å²) in [5, 5.41) is 10.1. The summed E-state index contributed by atoms with van der Waals surface area (Å²) in [5.74, 6) is 0.335. The predicted octanol–water partition coefficient (Wildman–Crippen LogP) is 2.45. The molecular formula is C17H20N2O. The second kappa shape index (κ2) is 5.65. The van der Waals surface area contributed by atoms with Crippen LogP contribution in [0.25, 0.3) is 0 Å². The Morgan fingerprint density at radius 2 is 1.75 bits per heavy atom. The maximum Gasteiger partial charge on any atom is 0.120 e. The third kappa shape index (κ3) is 2.42. The van der Waals surface area contributed by atoms with Gasteiger partial charge in [0.2, 0.25) is 0 Å². The lowest BCUT2D eigenvalue weighted by atomic mass is 9.96. The van der Waals surface area contributed by atoms with E-state index >= 15 is 0 Å². The quantitative estimate of drug-likeness (QED) is 0.899. The van der Waals surface area contributed by atoms with Crippen molar-refractivity contribution in [3.8, 4) is 5.75 Å². The lowest BCUT2D eigenvalue weighted by molar-refractivity contribution is 0.181. The average Bonchev–Trinajstić information content (AvgIpc) is 2.50. The van der Waals surface area contributed by atoms with E-state index in [1.165, 1.54) is 11.1 Å². The van der Waals surface area contributed by atoms with E-state index in [2.05, 4.69) is 29.2 Å². The highest BCUT2D eigenvalue weighted by Crippen LogP contribution is 2.31. The first-order chi connectivity index (χ1) is 9.79. The highest BCUT2D eigenvalue weighted by molar-refractivity contribution is 5.36. The third-order valence-corrected chi connectivity index (χ3v) is 4.12. The lowest BCUT2D eigenvalue weighted by Gasteiger charge is -2.35. The van der Waals surface area contributed by atoms with Crippen LogP contribution in [0.3, 0.4) is 0 Å². The molecule has 0 bridgehead atoms. The van der Waals surface area contributed by atoms with Crippen molar-refractivity contribution in [3.05, 3.63) is 65.2 Å². The molecule has 3 rings (SSSR count). The molecule has 2 aromatic carbocycles. The molecule has 1 unspecified atom stereocenters. The Morgan fingerprint density at radius 1 is 1.05 bits per heavy atom. The zero-order valence-corrected chi connectivity index (χ0v) is 11.5. The number of rotatable bonds is 3. The van der Waals surface area contributed by atoms with Gasteiger partial charge < -0.3 is 10.8 Å². The summed E-state index contributed by atoms with van der Waals surface area (Å²) in [4.78, 5) is 2.36. The molecule has 0 saturated heterocycles. The number of nitrogens with zero attached hydrogens (tertiary/aromatic N) is 1. The summed E-state index contributed by atoms with van der Waals surface area (Å²) in [6.07, 6.45) is 1.04. The fraction of sp³-hybridized carbons (Fsp3) is 0.294. The Bertz CT molecular complexity index is 597. The Hall–Kier alpha value is -1.84. The molecule has 0 fully saturated rings. The van der Waals surface area contributed by atoms with Crippen molar-refractivity contribution in [2.75, 3.05) is 13.1 Å². The van der Waals surface area contributed by atoms with Gasteiger partial charge in [-0.3, -0.25) is 4.90 Å². The smallest absolute Gasteiger partial charge is 0.120 e. The first-order valence-electron chi connectivity index (χ1n) is 7.08. The largest absolute Gasteiger partial charge is 0.508 e. The number of aromatic hydroxyl groups is 1. The highest BCUT2D eigenvalue weighted by Gasteiger charge is 2.25. The molecule has 0 saturated carbocycles. The molecule has 0 radical (unpaired) electrons. The van der Waals surface area contributed by atoms with Crippen LogP contribution in [0.1, 0.15) is 22.7 Å². The molecule has 1 atom stereocenters. The van der Waals surface area contributed by atoms with E-state index < -0.39 is 0 Å². The molecule has 3 nitrogen and oxygen atoms in total.